The van der Waals surface area contributed by atoms with Crippen molar-refractivity contribution in [3.05, 3.63) is 62.1 Å². The van der Waals surface area contributed by atoms with Crippen LogP contribution in [0.5, 0.6) is 0 Å². The molecular weight excluding hydrogens is 340 g/mol. The van der Waals surface area contributed by atoms with Crippen LogP contribution in [0.3, 0.4) is 0 Å². The van der Waals surface area contributed by atoms with Crippen LogP contribution in [0.2, 0.25) is 15.2 Å². The largest absolute Gasteiger partial charge is 0.465 e. The number of benzene rings is 1. The number of hydrogen-bond donors (Lipinski definition) is 0. The van der Waals surface area contributed by atoms with Crippen LogP contribution in [0.4, 0.5) is 4.39 Å². The lowest BCUT2D eigenvalue weighted by atomic mass is 10.1. The van der Waals surface area contributed by atoms with Crippen molar-refractivity contribution in [1.82, 2.24) is 4.98 Å². The van der Waals surface area contributed by atoms with Gasteiger partial charge in [-0.25, -0.2) is 14.2 Å². The van der Waals surface area contributed by atoms with Gasteiger partial charge in [-0.2, -0.15) is 0 Å². The molecule has 0 aliphatic heterocycles. The smallest absolute Gasteiger partial charge is 0.339 e. The summed E-state index contributed by atoms with van der Waals surface area (Å²) < 4.78 is 18.5. The minimum Gasteiger partial charge on any atom is -0.465 e. The fraction of sp³-hybridized carbons (Fsp3) is 0.143. The normalized spacial score (nSPS) is 10.5. The van der Waals surface area contributed by atoms with Crippen LogP contribution < -0.4 is 0 Å². The van der Waals surface area contributed by atoms with Crippen LogP contribution in [-0.2, 0) is 11.2 Å². The molecule has 0 spiro atoms. The third kappa shape index (κ3) is 3.46. The zero-order valence-corrected chi connectivity index (χ0v) is 13.1. The van der Waals surface area contributed by atoms with Crippen LogP contribution in [0.15, 0.2) is 24.3 Å². The number of nitrogens with zero attached hydrogens (tertiary/aromatic N) is 1. The lowest BCUT2D eigenvalue weighted by Crippen LogP contribution is -2.06. The van der Waals surface area contributed by atoms with Gasteiger partial charge in [0.2, 0.25) is 0 Å². The summed E-state index contributed by atoms with van der Waals surface area (Å²) in [6.07, 6.45) is 0.118. The average molecular weight is 349 g/mol. The molecule has 110 valence electrons. The standard InChI is InChI=1S/C14H9Cl3FNO2/c1-21-14(20)9-6-8(19-13(17)11(9)16)5-7-3-2-4-10(15)12(7)18/h2-4,6H,5H2,1H3. The first-order valence-electron chi connectivity index (χ1n) is 5.80. The van der Waals surface area contributed by atoms with Crippen LogP contribution in [-0.4, -0.2) is 18.1 Å². The maximum absolute atomic E-state index is 13.9. The minimum absolute atomic E-state index is 0.00108. The van der Waals surface area contributed by atoms with Crippen LogP contribution in [0.1, 0.15) is 21.6 Å². The molecule has 0 saturated carbocycles. The number of halogens is 4. The van der Waals surface area contributed by atoms with Crippen LogP contribution in [0, 0.1) is 5.82 Å². The first-order valence-corrected chi connectivity index (χ1v) is 6.93. The molecule has 2 aromatic rings. The second kappa shape index (κ2) is 6.60. The van der Waals surface area contributed by atoms with Gasteiger partial charge in [0.1, 0.15) is 11.0 Å². The van der Waals surface area contributed by atoms with Gasteiger partial charge in [0.15, 0.2) is 0 Å². The van der Waals surface area contributed by atoms with Crippen molar-refractivity contribution in [2.24, 2.45) is 0 Å². The molecule has 1 aromatic carbocycles. The molecule has 0 aliphatic rings. The molecule has 0 unspecified atom stereocenters. The Bertz CT molecular complexity index is 707. The Balaban J connectivity index is 2.43. The quantitative estimate of drug-likeness (QED) is 0.603. The fourth-order valence-electron chi connectivity index (χ4n) is 1.78. The summed E-state index contributed by atoms with van der Waals surface area (Å²) in [5.74, 6) is -1.18. The molecule has 1 heterocycles. The van der Waals surface area contributed by atoms with E-state index >= 15 is 0 Å². The molecule has 0 bridgehead atoms. The molecule has 0 N–H and O–H groups in total. The highest BCUT2D eigenvalue weighted by molar-refractivity contribution is 6.43. The van der Waals surface area contributed by atoms with E-state index in [4.69, 9.17) is 34.8 Å². The fourth-order valence-corrected chi connectivity index (χ4v) is 2.36. The molecule has 2 rings (SSSR count). The van der Waals surface area contributed by atoms with Gasteiger partial charge in [0.25, 0.3) is 0 Å². The number of hydrogen-bond acceptors (Lipinski definition) is 3. The highest BCUT2D eigenvalue weighted by atomic mass is 35.5. The van der Waals surface area contributed by atoms with Crippen molar-refractivity contribution >= 4 is 40.8 Å². The van der Waals surface area contributed by atoms with Gasteiger partial charge in [-0.15, -0.1) is 0 Å². The monoisotopic (exact) mass is 347 g/mol. The van der Waals surface area contributed by atoms with Gasteiger partial charge in [-0.05, 0) is 17.7 Å². The van der Waals surface area contributed by atoms with E-state index in [9.17, 15) is 9.18 Å². The Hall–Kier alpha value is -1.36. The third-order valence-electron chi connectivity index (χ3n) is 2.78. The van der Waals surface area contributed by atoms with E-state index in [2.05, 4.69) is 9.72 Å². The number of esters is 1. The van der Waals surface area contributed by atoms with Crippen molar-refractivity contribution in [1.29, 1.82) is 0 Å². The summed E-state index contributed by atoms with van der Waals surface area (Å²) in [6.45, 7) is 0. The van der Waals surface area contributed by atoms with E-state index in [1.807, 2.05) is 0 Å². The number of carbonyl (C=O) groups excluding carboxylic acids is 1. The summed E-state index contributed by atoms with van der Waals surface area (Å²) in [5, 5.41) is -0.0309. The SMILES string of the molecule is COC(=O)c1cc(Cc2cccc(Cl)c2F)nc(Cl)c1Cl. The maximum Gasteiger partial charge on any atom is 0.339 e. The number of aromatic nitrogens is 1. The van der Waals surface area contributed by atoms with Crippen molar-refractivity contribution in [3.63, 3.8) is 0 Å². The van der Waals surface area contributed by atoms with E-state index in [0.717, 1.165) is 0 Å². The maximum atomic E-state index is 13.9. The zero-order valence-electron chi connectivity index (χ0n) is 10.8. The predicted octanol–water partition coefficient (Wildman–Crippen LogP) is 4.56. The summed E-state index contributed by atoms with van der Waals surface area (Å²) >= 11 is 17.5. The molecule has 3 nitrogen and oxygen atoms in total. The van der Waals surface area contributed by atoms with Gasteiger partial charge in [-0.3, -0.25) is 0 Å². The lowest BCUT2D eigenvalue weighted by Gasteiger charge is -2.08. The first-order chi connectivity index (χ1) is 9.93. The predicted molar refractivity (Wildman–Crippen MR) is 79.8 cm³/mol. The summed E-state index contributed by atoms with van der Waals surface area (Å²) in [6, 6.07) is 6.06. The number of carbonyl (C=O) groups is 1. The molecular formula is C14H9Cl3FNO2. The molecule has 7 heteroatoms. The van der Waals surface area contributed by atoms with Crippen LogP contribution >= 0.6 is 34.8 Å². The molecule has 0 amide bonds. The molecule has 1 aromatic heterocycles. The van der Waals surface area contributed by atoms with E-state index in [1.165, 1.54) is 19.2 Å². The minimum atomic E-state index is -0.642. The van der Waals surface area contributed by atoms with Crippen molar-refractivity contribution in [2.75, 3.05) is 7.11 Å². The van der Waals surface area contributed by atoms with E-state index < -0.39 is 11.8 Å². The number of rotatable bonds is 3. The summed E-state index contributed by atoms with van der Waals surface area (Å²) in [4.78, 5) is 15.7. The van der Waals surface area contributed by atoms with E-state index in [1.54, 1.807) is 12.1 Å². The lowest BCUT2D eigenvalue weighted by molar-refractivity contribution is 0.0600. The third-order valence-corrected chi connectivity index (χ3v) is 3.82. The zero-order chi connectivity index (χ0) is 15.6. The summed E-state index contributed by atoms with van der Waals surface area (Å²) in [5.41, 5.74) is 0.798. The Morgan fingerprint density at radius 1 is 1.33 bits per heavy atom. The number of pyridine rings is 1. The van der Waals surface area contributed by atoms with Gasteiger partial charge >= 0.3 is 5.97 Å². The molecule has 0 radical (unpaired) electrons. The molecule has 0 saturated heterocycles. The van der Waals surface area contributed by atoms with Crippen molar-refractivity contribution < 1.29 is 13.9 Å². The second-order valence-electron chi connectivity index (χ2n) is 4.15. The Labute approximate surface area is 135 Å². The van der Waals surface area contributed by atoms with E-state index in [0.29, 0.717) is 11.3 Å². The van der Waals surface area contributed by atoms with Gasteiger partial charge in [0.05, 0.1) is 22.7 Å². The Morgan fingerprint density at radius 3 is 2.71 bits per heavy atom. The molecule has 0 atom stereocenters. The van der Waals surface area contributed by atoms with E-state index in [-0.39, 0.29) is 27.2 Å². The van der Waals surface area contributed by atoms with Gasteiger partial charge in [0, 0.05) is 12.1 Å². The van der Waals surface area contributed by atoms with Crippen molar-refractivity contribution in [3.8, 4) is 0 Å². The Kier molecular flexibility index (Phi) is 5.04. The molecule has 0 aliphatic carbocycles. The van der Waals surface area contributed by atoms with Crippen molar-refractivity contribution in [2.45, 2.75) is 6.42 Å². The molecule has 21 heavy (non-hydrogen) atoms. The second-order valence-corrected chi connectivity index (χ2v) is 5.29. The highest BCUT2D eigenvalue weighted by Gasteiger charge is 2.17. The Morgan fingerprint density at radius 2 is 2.05 bits per heavy atom. The topological polar surface area (TPSA) is 39.2 Å². The van der Waals surface area contributed by atoms with Gasteiger partial charge in [-0.1, -0.05) is 46.9 Å². The number of ether oxygens (including phenoxy) is 1. The molecule has 0 fully saturated rings. The number of methoxy groups -OCH3 is 1. The van der Waals surface area contributed by atoms with Crippen LogP contribution in [0.25, 0.3) is 0 Å². The highest BCUT2D eigenvalue weighted by Crippen LogP contribution is 2.27. The first kappa shape index (κ1) is 16.0. The average Bonchev–Trinajstić information content (AvgIpc) is 2.46. The van der Waals surface area contributed by atoms with Gasteiger partial charge < -0.3 is 4.74 Å². The summed E-state index contributed by atoms with van der Waals surface area (Å²) in [7, 11) is 1.23.